The van der Waals surface area contributed by atoms with Crippen LogP contribution in [0.5, 0.6) is 17.2 Å². The molecule has 1 aliphatic heterocycles. The third-order valence-corrected chi connectivity index (χ3v) is 5.98. The van der Waals surface area contributed by atoms with Gasteiger partial charge in [-0.3, -0.25) is 14.9 Å². The largest absolute Gasteiger partial charge is 0.490 e. The second-order valence-corrected chi connectivity index (χ2v) is 8.91. The highest BCUT2D eigenvalue weighted by atomic mass is 35.5. The van der Waals surface area contributed by atoms with Crippen LogP contribution in [0.25, 0.3) is 6.08 Å². The van der Waals surface area contributed by atoms with E-state index in [0.29, 0.717) is 47.7 Å². The fraction of sp³-hybridized carbons (Fsp3) is 0.179. The standard InChI is InChI=1S/C28H24Cl2N2O6/c1-3-36-24-15-18(14-23(30)25(24)37-4-2)13-22-26(33)31-28(35)32(27(22)34)20-9-11-21(12-10-20)38-16-17-5-7-19(29)8-6-17/h5-15H,3-4,16H2,1-2H3,(H,31,33,35)/b22-13+. The lowest BCUT2D eigenvalue weighted by Gasteiger charge is -2.26. The van der Waals surface area contributed by atoms with E-state index in [9.17, 15) is 14.4 Å². The number of carbonyl (C=O) groups excluding carboxylic acids is 3. The summed E-state index contributed by atoms with van der Waals surface area (Å²) in [5, 5.41) is 3.10. The zero-order chi connectivity index (χ0) is 27.2. The molecule has 0 spiro atoms. The van der Waals surface area contributed by atoms with Crippen molar-refractivity contribution in [2.24, 2.45) is 0 Å². The summed E-state index contributed by atoms with van der Waals surface area (Å²) in [5.41, 5.74) is 1.39. The first-order valence-corrected chi connectivity index (χ1v) is 12.5. The van der Waals surface area contributed by atoms with Crippen molar-refractivity contribution in [2.75, 3.05) is 18.1 Å². The van der Waals surface area contributed by atoms with Gasteiger partial charge in [0, 0.05) is 5.02 Å². The van der Waals surface area contributed by atoms with Gasteiger partial charge in [-0.05, 0) is 79.6 Å². The number of amides is 4. The predicted octanol–water partition coefficient (Wildman–Crippen LogP) is 6.04. The van der Waals surface area contributed by atoms with E-state index in [0.717, 1.165) is 10.5 Å². The van der Waals surface area contributed by atoms with E-state index < -0.39 is 17.8 Å². The van der Waals surface area contributed by atoms with Crippen LogP contribution >= 0.6 is 23.2 Å². The molecule has 10 heteroatoms. The van der Waals surface area contributed by atoms with Crippen LogP contribution in [0.4, 0.5) is 10.5 Å². The minimum atomic E-state index is -0.855. The van der Waals surface area contributed by atoms with Gasteiger partial charge in [0.1, 0.15) is 17.9 Å². The molecular formula is C28H24Cl2N2O6. The number of carbonyl (C=O) groups is 3. The van der Waals surface area contributed by atoms with Crippen molar-refractivity contribution >= 4 is 52.8 Å². The molecule has 0 aliphatic carbocycles. The monoisotopic (exact) mass is 554 g/mol. The van der Waals surface area contributed by atoms with Crippen molar-refractivity contribution < 1.29 is 28.6 Å². The van der Waals surface area contributed by atoms with Gasteiger partial charge in [-0.25, -0.2) is 9.69 Å². The Morgan fingerprint density at radius 2 is 1.55 bits per heavy atom. The molecule has 1 saturated heterocycles. The number of hydrogen-bond donors (Lipinski definition) is 1. The Balaban J connectivity index is 1.56. The SMILES string of the molecule is CCOc1cc(/C=C2\C(=O)NC(=O)N(c3ccc(OCc4ccc(Cl)cc4)cc3)C2=O)cc(Cl)c1OCC. The Morgan fingerprint density at radius 1 is 0.868 bits per heavy atom. The maximum Gasteiger partial charge on any atom is 0.335 e. The Labute approximate surface area is 229 Å². The average molecular weight is 555 g/mol. The van der Waals surface area contributed by atoms with Gasteiger partial charge in [0.15, 0.2) is 11.5 Å². The normalized spacial score (nSPS) is 14.5. The fourth-order valence-electron chi connectivity index (χ4n) is 3.72. The van der Waals surface area contributed by atoms with E-state index in [1.807, 2.05) is 26.0 Å². The van der Waals surface area contributed by atoms with Gasteiger partial charge in [0.25, 0.3) is 11.8 Å². The first kappa shape index (κ1) is 27.0. The lowest BCUT2D eigenvalue weighted by molar-refractivity contribution is -0.122. The summed E-state index contributed by atoms with van der Waals surface area (Å²) in [4.78, 5) is 39.4. The van der Waals surface area contributed by atoms with Crippen LogP contribution in [0.1, 0.15) is 25.0 Å². The zero-order valence-electron chi connectivity index (χ0n) is 20.6. The lowest BCUT2D eigenvalue weighted by Crippen LogP contribution is -2.54. The molecule has 0 atom stereocenters. The van der Waals surface area contributed by atoms with Crippen molar-refractivity contribution in [1.82, 2.24) is 5.32 Å². The molecule has 38 heavy (non-hydrogen) atoms. The van der Waals surface area contributed by atoms with Gasteiger partial charge in [-0.15, -0.1) is 0 Å². The Bertz CT molecular complexity index is 1390. The van der Waals surface area contributed by atoms with Crippen LogP contribution in [0.15, 0.2) is 66.2 Å². The topological polar surface area (TPSA) is 94.2 Å². The van der Waals surface area contributed by atoms with Crippen molar-refractivity contribution in [3.05, 3.63) is 87.4 Å². The van der Waals surface area contributed by atoms with Crippen molar-refractivity contribution in [1.29, 1.82) is 0 Å². The molecule has 4 rings (SSSR count). The smallest absolute Gasteiger partial charge is 0.335 e. The van der Waals surface area contributed by atoms with Gasteiger partial charge in [-0.1, -0.05) is 35.3 Å². The summed E-state index contributed by atoms with van der Waals surface area (Å²) in [5.74, 6) is -0.321. The number of halogens is 2. The van der Waals surface area contributed by atoms with Crippen molar-refractivity contribution in [3.63, 3.8) is 0 Å². The number of urea groups is 1. The Kier molecular flexibility index (Phi) is 8.55. The molecule has 0 radical (unpaired) electrons. The third-order valence-electron chi connectivity index (χ3n) is 5.45. The van der Waals surface area contributed by atoms with Crippen LogP contribution in [-0.4, -0.2) is 31.1 Å². The summed E-state index contributed by atoms with van der Waals surface area (Å²) in [6.07, 6.45) is 1.35. The van der Waals surface area contributed by atoms with E-state index in [2.05, 4.69) is 5.32 Å². The van der Waals surface area contributed by atoms with E-state index in [4.69, 9.17) is 37.4 Å². The van der Waals surface area contributed by atoms with E-state index in [1.54, 1.807) is 48.5 Å². The minimum Gasteiger partial charge on any atom is -0.490 e. The molecule has 0 unspecified atom stereocenters. The van der Waals surface area contributed by atoms with E-state index in [-0.39, 0.29) is 16.3 Å². The van der Waals surface area contributed by atoms with Crippen LogP contribution in [0.2, 0.25) is 10.0 Å². The summed E-state index contributed by atoms with van der Waals surface area (Å²) < 4.78 is 16.9. The number of nitrogens with one attached hydrogen (secondary N) is 1. The first-order valence-electron chi connectivity index (χ1n) is 11.8. The van der Waals surface area contributed by atoms with E-state index in [1.165, 1.54) is 6.08 Å². The molecule has 196 valence electrons. The molecule has 1 N–H and O–H groups in total. The van der Waals surface area contributed by atoms with Crippen molar-refractivity contribution in [3.8, 4) is 17.2 Å². The zero-order valence-corrected chi connectivity index (χ0v) is 22.1. The molecule has 1 fully saturated rings. The summed E-state index contributed by atoms with van der Waals surface area (Å²) >= 11 is 12.3. The Morgan fingerprint density at radius 3 is 2.21 bits per heavy atom. The fourth-order valence-corrected chi connectivity index (χ4v) is 4.12. The second kappa shape index (κ2) is 12.0. The van der Waals surface area contributed by atoms with Crippen LogP contribution < -0.4 is 24.4 Å². The molecule has 4 amide bonds. The van der Waals surface area contributed by atoms with Gasteiger partial charge in [0.05, 0.1) is 23.9 Å². The molecule has 3 aromatic carbocycles. The summed E-state index contributed by atoms with van der Waals surface area (Å²) in [6, 6.07) is 15.9. The number of anilines is 1. The molecule has 1 heterocycles. The molecule has 3 aromatic rings. The number of barbiturate groups is 1. The summed E-state index contributed by atoms with van der Waals surface area (Å²) in [7, 11) is 0. The maximum atomic E-state index is 13.3. The average Bonchev–Trinajstić information content (AvgIpc) is 2.89. The number of benzene rings is 3. The van der Waals surface area contributed by atoms with Crippen LogP contribution in [0, 0.1) is 0 Å². The first-order chi connectivity index (χ1) is 18.3. The van der Waals surface area contributed by atoms with Crippen molar-refractivity contribution in [2.45, 2.75) is 20.5 Å². The number of imide groups is 2. The number of rotatable bonds is 9. The highest BCUT2D eigenvalue weighted by molar-refractivity contribution is 6.39. The molecular weight excluding hydrogens is 531 g/mol. The van der Waals surface area contributed by atoms with E-state index >= 15 is 0 Å². The number of ether oxygens (including phenoxy) is 3. The Hall–Kier alpha value is -4.01. The molecule has 8 nitrogen and oxygen atoms in total. The molecule has 0 aromatic heterocycles. The maximum absolute atomic E-state index is 13.3. The van der Waals surface area contributed by atoms with Gasteiger partial charge in [-0.2, -0.15) is 0 Å². The minimum absolute atomic E-state index is 0.240. The third kappa shape index (κ3) is 6.10. The number of hydrogen-bond acceptors (Lipinski definition) is 6. The van der Waals surface area contributed by atoms with Crippen LogP contribution in [-0.2, 0) is 16.2 Å². The van der Waals surface area contributed by atoms with Gasteiger partial charge >= 0.3 is 6.03 Å². The van der Waals surface area contributed by atoms with Gasteiger partial charge in [0.2, 0.25) is 0 Å². The predicted molar refractivity (Wildman–Crippen MR) is 145 cm³/mol. The molecule has 1 aliphatic rings. The highest BCUT2D eigenvalue weighted by Crippen LogP contribution is 2.37. The molecule has 0 saturated carbocycles. The van der Waals surface area contributed by atoms with Crippen LogP contribution in [0.3, 0.4) is 0 Å². The highest BCUT2D eigenvalue weighted by Gasteiger charge is 2.37. The quantitative estimate of drug-likeness (QED) is 0.256. The van der Waals surface area contributed by atoms with Gasteiger partial charge < -0.3 is 14.2 Å². The second-order valence-electron chi connectivity index (χ2n) is 8.06. The molecule has 0 bridgehead atoms. The summed E-state index contributed by atoms with van der Waals surface area (Å²) in [6.45, 7) is 4.68. The lowest BCUT2D eigenvalue weighted by atomic mass is 10.1. The number of nitrogens with zero attached hydrogens (tertiary/aromatic N) is 1.